The van der Waals surface area contributed by atoms with E-state index in [1.54, 1.807) is 0 Å². The van der Waals surface area contributed by atoms with Crippen molar-refractivity contribution in [2.45, 2.75) is 24.7 Å². The second-order valence-electron chi connectivity index (χ2n) is 9.20. The largest absolute Gasteiger partial charge is 1.00 e. The van der Waals surface area contributed by atoms with Crippen molar-refractivity contribution in [2.24, 2.45) is 0 Å². The maximum absolute atomic E-state index is 12.7. The molecule has 2 aromatic carbocycles. The van der Waals surface area contributed by atoms with Crippen LogP contribution < -0.4 is 17.0 Å². The Bertz CT molecular complexity index is 1760. The second kappa shape index (κ2) is 13.7. The maximum Gasteiger partial charge on any atom is 1.00 e. The Morgan fingerprint density at radius 1 is 0.319 bits per heavy atom. The van der Waals surface area contributed by atoms with Crippen molar-refractivity contribution < 1.29 is 92.2 Å². The molecule has 0 amide bonds. The quantitative estimate of drug-likeness (QED) is 0.110. The first-order valence-corrected chi connectivity index (χ1v) is 12.0. The van der Waals surface area contributed by atoms with Crippen LogP contribution in [-0.2, 0) is 41.8 Å². The van der Waals surface area contributed by atoms with Crippen molar-refractivity contribution >= 4 is 43.6 Å². The molecule has 6 rings (SSSR count). The number of benzene rings is 2. The molecule has 4 heterocycles. The predicted octanol–water partition coefficient (Wildman–Crippen LogP) is 5.82. The Hall–Kier alpha value is -3.80. The Labute approximate surface area is 275 Å². The van der Waals surface area contributed by atoms with Crippen molar-refractivity contribution in [3.63, 3.8) is 0 Å². The second-order valence-corrected chi connectivity index (χ2v) is 9.20. The molecule has 0 radical (unpaired) electrons. The summed E-state index contributed by atoms with van der Waals surface area (Å²) in [5, 5.41) is 1.14. The summed E-state index contributed by atoms with van der Waals surface area (Å²) in [6, 6.07) is 13.7. The van der Waals surface area contributed by atoms with E-state index in [-0.39, 0.29) is 83.1 Å². The molecule has 0 saturated carbocycles. The molecule has 2 N–H and O–H groups in total. The smallest absolute Gasteiger partial charge is 1.00 e. The Kier molecular flexibility index (Phi) is 11.5. The first-order chi connectivity index (χ1) is 20.3. The number of halogens is 13. The third-order valence-electron chi connectivity index (χ3n) is 6.20. The van der Waals surface area contributed by atoms with Crippen LogP contribution in [-0.4, -0.2) is 25.4 Å². The van der Waals surface area contributed by atoms with E-state index < -0.39 is 47.5 Å². The van der Waals surface area contributed by atoms with Crippen molar-refractivity contribution in [3.8, 4) is 0 Å². The van der Waals surface area contributed by atoms with Crippen LogP contribution in [0.1, 0.15) is 22.8 Å². The number of alkyl halides is 12. The fourth-order valence-corrected chi connectivity index (χ4v) is 4.17. The first kappa shape index (κ1) is 39.4. The third-order valence-corrected chi connectivity index (χ3v) is 6.20. The molecule has 0 aliphatic rings. The van der Waals surface area contributed by atoms with Crippen LogP contribution in [0.3, 0.4) is 0 Å². The van der Waals surface area contributed by atoms with E-state index in [1.807, 2.05) is 0 Å². The van der Waals surface area contributed by atoms with E-state index in [0.717, 1.165) is 48.5 Å². The van der Waals surface area contributed by atoms with Gasteiger partial charge in [0.15, 0.2) is 0 Å². The van der Waals surface area contributed by atoms with E-state index in [1.165, 1.54) is 24.3 Å². The van der Waals surface area contributed by atoms with E-state index in [4.69, 9.17) is 0 Å². The summed E-state index contributed by atoms with van der Waals surface area (Å²) >= 11 is 0. The van der Waals surface area contributed by atoms with Gasteiger partial charge in [-0.2, -0.15) is 52.7 Å². The summed E-state index contributed by atoms with van der Waals surface area (Å²) in [4.78, 5) is 13.8. The number of aromatic nitrogens is 4. The molecule has 254 valence electrons. The Morgan fingerprint density at radius 3 is 0.617 bits per heavy atom. The average molecular weight is 794 g/mol. The molecule has 4 aromatic heterocycles. The van der Waals surface area contributed by atoms with Crippen LogP contribution in [0.4, 0.5) is 52.7 Å². The van der Waals surface area contributed by atoms with Crippen LogP contribution in [0.5, 0.6) is 0 Å². The van der Waals surface area contributed by atoms with Gasteiger partial charge in [0.2, 0.25) is 0 Å². The number of hydrogen-bond acceptors (Lipinski definition) is 4. The molecule has 6 aromatic rings. The van der Waals surface area contributed by atoms with Crippen molar-refractivity contribution in [3.05, 3.63) is 95.6 Å². The maximum atomic E-state index is 12.7. The number of fused-ring (bicyclic) bond motifs is 6. The molecule has 47 heavy (non-hydrogen) atoms. The van der Waals surface area contributed by atoms with E-state index in [2.05, 4.69) is 19.9 Å². The minimum absolute atomic E-state index is 0. The van der Waals surface area contributed by atoms with Gasteiger partial charge in [0.1, 0.15) is 22.8 Å². The van der Waals surface area contributed by atoms with Gasteiger partial charge >= 0.3 is 41.8 Å². The molecule has 0 atom stereocenters. The fraction of sp³-hybridized carbons (Fsp3) is 0.143. The summed E-state index contributed by atoms with van der Waals surface area (Å²) in [6.45, 7) is 0. The fourth-order valence-electron chi connectivity index (χ4n) is 4.17. The van der Waals surface area contributed by atoms with Gasteiger partial charge in [-0.1, -0.05) is 48.5 Å². The van der Waals surface area contributed by atoms with Gasteiger partial charge in [0.05, 0.1) is 22.1 Å². The summed E-state index contributed by atoms with van der Waals surface area (Å²) < 4.78 is 153. The van der Waals surface area contributed by atoms with Crippen LogP contribution in [0.15, 0.2) is 72.8 Å². The molecule has 0 spiro atoms. The summed E-state index contributed by atoms with van der Waals surface area (Å²) in [6.07, 6.45) is -18.7. The SMILES string of the molecule is FC(F)(F)c1ccc2ccc3ccc(C(F)(F)F)nc3c2n1.FC(F)(F)c1ccc2ccc3ccc(C(F)(F)F)nc3c2n1.O.[Br-].[Cu+]. The van der Waals surface area contributed by atoms with Gasteiger partial charge < -0.3 is 22.5 Å². The van der Waals surface area contributed by atoms with Crippen LogP contribution in [0, 0.1) is 0 Å². The molecular formula is C28H14BrCuF12N4O. The van der Waals surface area contributed by atoms with Gasteiger partial charge in [-0.3, -0.25) is 0 Å². The third kappa shape index (κ3) is 8.38. The first-order valence-electron chi connectivity index (χ1n) is 12.0. The molecule has 5 nitrogen and oxygen atoms in total. The van der Waals surface area contributed by atoms with Crippen molar-refractivity contribution in [1.29, 1.82) is 0 Å². The van der Waals surface area contributed by atoms with Gasteiger partial charge in [-0.05, 0) is 24.3 Å². The van der Waals surface area contributed by atoms with Gasteiger partial charge in [-0.15, -0.1) is 0 Å². The molecule has 0 aliphatic heterocycles. The summed E-state index contributed by atoms with van der Waals surface area (Å²) in [7, 11) is 0. The minimum atomic E-state index is -4.68. The molecule has 0 aliphatic carbocycles. The number of nitrogens with zero attached hydrogens (tertiary/aromatic N) is 4. The minimum Gasteiger partial charge on any atom is -1.00 e. The average Bonchev–Trinajstić information content (AvgIpc) is 2.94. The van der Waals surface area contributed by atoms with Crippen molar-refractivity contribution in [2.75, 3.05) is 0 Å². The number of rotatable bonds is 0. The van der Waals surface area contributed by atoms with E-state index in [0.29, 0.717) is 0 Å². The molecule has 0 bridgehead atoms. The molecular weight excluding hydrogens is 780 g/mol. The van der Waals surface area contributed by atoms with Crippen LogP contribution in [0.2, 0.25) is 0 Å². The van der Waals surface area contributed by atoms with Crippen molar-refractivity contribution in [1.82, 2.24) is 19.9 Å². The zero-order valence-electron chi connectivity index (χ0n) is 22.4. The van der Waals surface area contributed by atoms with Gasteiger partial charge in [0, 0.05) is 21.5 Å². The summed E-state index contributed by atoms with van der Waals surface area (Å²) in [5.41, 5.74) is -5.54. The number of pyridine rings is 4. The molecule has 19 heteroatoms. The van der Waals surface area contributed by atoms with Crippen LogP contribution >= 0.6 is 0 Å². The summed E-state index contributed by atoms with van der Waals surface area (Å²) in [5.74, 6) is 0. The van der Waals surface area contributed by atoms with Gasteiger partial charge in [0.25, 0.3) is 0 Å². The molecule has 0 fully saturated rings. The zero-order valence-corrected chi connectivity index (χ0v) is 25.0. The predicted molar refractivity (Wildman–Crippen MR) is 138 cm³/mol. The van der Waals surface area contributed by atoms with E-state index >= 15 is 0 Å². The topological polar surface area (TPSA) is 83.1 Å². The Morgan fingerprint density at radius 2 is 0.468 bits per heavy atom. The molecule has 0 unspecified atom stereocenters. The Balaban J connectivity index is 0.000000307. The molecule has 0 saturated heterocycles. The van der Waals surface area contributed by atoms with E-state index in [9.17, 15) is 52.7 Å². The normalized spacial score (nSPS) is 12.2. The monoisotopic (exact) mass is 792 g/mol. The van der Waals surface area contributed by atoms with Gasteiger partial charge in [-0.25, -0.2) is 19.9 Å². The number of hydrogen-bond donors (Lipinski definition) is 0. The zero-order chi connectivity index (χ0) is 32.2. The standard InChI is InChI=1S/2C14H6F6N2.BrH.Cu.H2O/c2*15-13(16,17)9-5-3-7-1-2-8-4-6-10(14(18,19)20)22-12(8)11(7)21-9;;;/h2*1-6H;1H;;1H2/q;;;+1;/p-1. The van der Waals surface area contributed by atoms with Crippen LogP contribution in [0.25, 0.3) is 43.6 Å².